The maximum atomic E-state index is 13.5. The molecule has 29 heavy (non-hydrogen) atoms. The molecule has 3 N–H and O–H groups in total. The predicted octanol–water partition coefficient (Wildman–Crippen LogP) is 4.28. The van der Waals surface area contributed by atoms with Crippen LogP contribution in [0.15, 0.2) is 54.6 Å². The van der Waals surface area contributed by atoms with Gasteiger partial charge in [0.2, 0.25) is 5.91 Å². The topological polar surface area (TPSA) is 64.3 Å². The maximum absolute atomic E-state index is 13.5. The third-order valence-electron chi connectivity index (χ3n) is 6.79. The highest BCUT2D eigenvalue weighted by Crippen LogP contribution is 2.57. The molecule has 2 aromatic carbocycles. The average molecular weight is 415 g/mol. The second-order valence-corrected chi connectivity index (χ2v) is 8.49. The molecule has 2 fully saturated rings. The van der Waals surface area contributed by atoms with Gasteiger partial charge in [0.15, 0.2) is 0 Å². The first kappa shape index (κ1) is 21.7. The molecule has 5 heteroatoms. The van der Waals surface area contributed by atoms with Crippen molar-refractivity contribution in [1.82, 2.24) is 5.32 Å². The summed E-state index contributed by atoms with van der Waals surface area (Å²) >= 11 is 0. The van der Waals surface area contributed by atoms with Crippen molar-refractivity contribution < 1.29 is 9.53 Å². The van der Waals surface area contributed by atoms with Crippen LogP contribution in [0.5, 0.6) is 5.75 Å². The van der Waals surface area contributed by atoms with E-state index in [1.54, 1.807) is 7.11 Å². The van der Waals surface area contributed by atoms with Crippen molar-refractivity contribution >= 4 is 18.3 Å². The van der Waals surface area contributed by atoms with Crippen LogP contribution in [0, 0.1) is 17.3 Å². The van der Waals surface area contributed by atoms with Crippen LogP contribution in [0.4, 0.5) is 0 Å². The standard InChI is InChI=1S/C24H30N2O2.ClH/c1-28-21-9-5-6-17(13-21)14-24(15-18-10-11-20(24)12-18)23(27)26-16-22(25)19-7-3-2-4-8-19;/h2-9,13,18,20,22H,10-12,14-16,25H2,1H3,(H,26,27);1H. The van der Waals surface area contributed by atoms with Gasteiger partial charge in [-0.25, -0.2) is 0 Å². The molecule has 4 unspecified atom stereocenters. The van der Waals surface area contributed by atoms with E-state index in [1.807, 2.05) is 42.5 Å². The van der Waals surface area contributed by atoms with Crippen molar-refractivity contribution in [2.24, 2.45) is 23.0 Å². The molecule has 0 aromatic heterocycles. The number of rotatable bonds is 7. The molecule has 156 valence electrons. The summed E-state index contributed by atoms with van der Waals surface area (Å²) < 4.78 is 5.39. The summed E-state index contributed by atoms with van der Waals surface area (Å²) in [6, 6.07) is 17.9. The van der Waals surface area contributed by atoms with Gasteiger partial charge in [0.25, 0.3) is 0 Å². The number of hydrogen-bond acceptors (Lipinski definition) is 3. The lowest BCUT2D eigenvalue weighted by molar-refractivity contribution is -0.134. The minimum Gasteiger partial charge on any atom is -0.497 e. The van der Waals surface area contributed by atoms with E-state index in [0.717, 1.165) is 30.6 Å². The Hall–Kier alpha value is -2.04. The number of benzene rings is 2. The van der Waals surface area contributed by atoms with Gasteiger partial charge in [0, 0.05) is 12.6 Å². The minimum absolute atomic E-state index is 0. The van der Waals surface area contributed by atoms with E-state index >= 15 is 0 Å². The molecular weight excluding hydrogens is 384 g/mol. The number of hydrogen-bond donors (Lipinski definition) is 2. The van der Waals surface area contributed by atoms with Crippen LogP contribution in [0.25, 0.3) is 0 Å². The third-order valence-corrected chi connectivity index (χ3v) is 6.79. The Labute approximate surface area is 179 Å². The lowest BCUT2D eigenvalue weighted by Gasteiger charge is -2.37. The molecule has 1 amide bonds. The van der Waals surface area contributed by atoms with Crippen molar-refractivity contribution in [3.05, 3.63) is 65.7 Å². The van der Waals surface area contributed by atoms with E-state index in [-0.39, 0.29) is 29.8 Å². The molecule has 0 heterocycles. The summed E-state index contributed by atoms with van der Waals surface area (Å²) in [6.45, 7) is 0.472. The third kappa shape index (κ3) is 4.44. The van der Waals surface area contributed by atoms with Gasteiger partial charge in [-0.15, -0.1) is 12.4 Å². The Bertz CT molecular complexity index is 829. The molecule has 2 saturated carbocycles. The summed E-state index contributed by atoms with van der Waals surface area (Å²) in [7, 11) is 1.68. The Morgan fingerprint density at radius 3 is 2.66 bits per heavy atom. The zero-order chi connectivity index (χ0) is 19.6. The van der Waals surface area contributed by atoms with Crippen LogP contribution >= 0.6 is 12.4 Å². The number of amides is 1. The summed E-state index contributed by atoms with van der Waals surface area (Å²) in [6.07, 6.45) is 5.37. The number of methoxy groups -OCH3 is 1. The zero-order valence-electron chi connectivity index (χ0n) is 17.0. The van der Waals surface area contributed by atoms with Crippen LogP contribution in [-0.4, -0.2) is 19.6 Å². The Balaban J connectivity index is 0.00000240. The number of carbonyl (C=O) groups is 1. The molecule has 2 aliphatic carbocycles. The fraction of sp³-hybridized carbons (Fsp3) is 0.458. The molecule has 0 radical (unpaired) electrons. The lowest BCUT2D eigenvalue weighted by atomic mass is 9.68. The van der Waals surface area contributed by atoms with Crippen LogP contribution in [0.2, 0.25) is 0 Å². The van der Waals surface area contributed by atoms with E-state index in [1.165, 1.54) is 18.4 Å². The number of halogens is 1. The molecule has 0 saturated heterocycles. The molecule has 2 bridgehead atoms. The highest BCUT2D eigenvalue weighted by atomic mass is 35.5. The molecular formula is C24H31ClN2O2. The van der Waals surface area contributed by atoms with Crippen LogP contribution < -0.4 is 15.8 Å². The molecule has 4 rings (SSSR count). The summed E-state index contributed by atoms with van der Waals surface area (Å²) in [5, 5.41) is 3.20. The van der Waals surface area contributed by atoms with Crippen molar-refractivity contribution in [3.8, 4) is 5.75 Å². The van der Waals surface area contributed by atoms with E-state index in [9.17, 15) is 4.79 Å². The number of fused-ring (bicyclic) bond motifs is 2. The summed E-state index contributed by atoms with van der Waals surface area (Å²) in [5.41, 5.74) is 8.24. The van der Waals surface area contributed by atoms with Crippen molar-refractivity contribution in [1.29, 1.82) is 0 Å². The molecule has 4 atom stereocenters. The van der Waals surface area contributed by atoms with Gasteiger partial charge in [-0.3, -0.25) is 4.79 Å². The number of nitrogens with one attached hydrogen (secondary N) is 1. The normalized spacial score (nSPS) is 25.9. The van der Waals surface area contributed by atoms with Crippen LogP contribution in [0.1, 0.15) is 42.9 Å². The van der Waals surface area contributed by atoms with Gasteiger partial charge in [-0.2, -0.15) is 0 Å². The second kappa shape index (κ2) is 9.19. The number of ether oxygens (including phenoxy) is 1. The van der Waals surface area contributed by atoms with E-state index in [0.29, 0.717) is 18.4 Å². The summed E-state index contributed by atoms with van der Waals surface area (Å²) in [4.78, 5) is 13.5. The first-order chi connectivity index (χ1) is 13.6. The Morgan fingerprint density at radius 1 is 1.21 bits per heavy atom. The van der Waals surface area contributed by atoms with Gasteiger partial charge in [-0.1, -0.05) is 48.9 Å². The highest BCUT2D eigenvalue weighted by molar-refractivity contribution is 5.85. The van der Waals surface area contributed by atoms with E-state index < -0.39 is 0 Å². The summed E-state index contributed by atoms with van der Waals surface area (Å²) in [5.74, 6) is 2.18. The first-order valence-corrected chi connectivity index (χ1v) is 10.3. The van der Waals surface area contributed by atoms with Gasteiger partial charge in [0.05, 0.1) is 12.5 Å². The fourth-order valence-electron chi connectivity index (χ4n) is 5.36. The first-order valence-electron chi connectivity index (χ1n) is 10.3. The van der Waals surface area contributed by atoms with Crippen LogP contribution in [0.3, 0.4) is 0 Å². The SMILES string of the molecule is COc1cccc(CC2(C(=O)NCC(N)c3ccccc3)CC3CCC2C3)c1.Cl. The van der Waals surface area contributed by atoms with Crippen LogP contribution in [-0.2, 0) is 11.2 Å². The van der Waals surface area contributed by atoms with Crippen molar-refractivity contribution in [2.45, 2.75) is 38.1 Å². The molecule has 2 aromatic rings. The quantitative estimate of drug-likeness (QED) is 0.710. The fourth-order valence-corrected chi connectivity index (χ4v) is 5.36. The van der Waals surface area contributed by atoms with Crippen molar-refractivity contribution in [3.63, 3.8) is 0 Å². The second-order valence-electron chi connectivity index (χ2n) is 8.49. The van der Waals surface area contributed by atoms with Gasteiger partial charge >= 0.3 is 0 Å². The Kier molecular flexibility index (Phi) is 6.86. The Morgan fingerprint density at radius 2 is 2.00 bits per heavy atom. The molecule has 4 nitrogen and oxygen atoms in total. The zero-order valence-corrected chi connectivity index (χ0v) is 17.8. The molecule has 0 aliphatic heterocycles. The van der Waals surface area contributed by atoms with Gasteiger partial charge < -0.3 is 15.8 Å². The smallest absolute Gasteiger partial charge is 0.226 e. The van der Waals surface area contributed by atoms with Gasteiger partial charge in [0.1, 0.15) is 5.75 Å². The van der Waals surface area contributed by atoms with E-state index in [4.69, 9.17) is 10.5 Å². The minimum atomic E-state index is -0.314. The average Bonchev–Trinajstić information content (AvgIpc) is 3.34. The van der Waals surface area contributed by atoms with Crippen molar-refractivity contribution in [2.75, 3.05) is 13.7 Å². The predicted molar refractivity (Wildman–Crippen MR) is 118 cm³/mol. The maximum Gasteiger partial charge on any atom is 0.226 e. The molecule has 0 spiro atoms. The largest absolute Gasteiger partial charge is 0.497 e. The molecule has 2 aliphatic rings. The number of nitrogens with two attached hydrogens (primary N) is 1. The number of carbonyl (C=O) groups excluding carboxylic acids is 1. The van der Waals surface area contributed by atoms with E-state index in [2.05, 4.69) is 17.4 Å². The highest BCUT2D eigenvalue weighted by Gasteiger charge is 2.55. The lowest BCUT2D eigenvalue weighted by Crippen LogP contribution is -2.47. The monoisotopic (exact) mass is 414 g/mol. The van der Waals surface area contributed by atoms with Gasteiger partial charge in [-0.05, 0) is 60.8 Å².